The summed E-state index contributed by atoms with van der Waals surface area (Å²) < 4.78 is 2.61. The predicted octanol–water partition coefficient (Wildman–Crippen LogP) is 0.728. The number of anilines is 1. The summed E-state index contributed by atoms with van der Waals surface area (Å²) in [7, 11) is 1.50. The van der Waals surface area contributed by atoms with Gasteiger partial charge in [-0.3, -0.25) is 14.2 Å². The van der Waals surface area contributed by atoms with E-state index in [2.05, 4.69) is 5.10 Å². The molecule has 0 aliphatic heterocycles. The molecule has 0 radical (unpaired) electrons. The first-order valence-electron chi connectivity index (χ1n) is 7.21. The number of benzene rings is 1. The van der Waals surface area contributed by atoms with Crippen molar-refractivity contribution in [3.05, 3.63) is 45.4 Å². The molecule has 0 saturated heterocycles. The van der Waals surface area contributed by atoms with Crippen LogP contribution in [0.2, 0.25) is 0 Å². The van der Waals surface area contributed by atoms with Gasteiger partial charge in [-0.05, 0) is 25.5 Å². The Balaban J connectivity index is 2.62. The summed E-state index contributed by atoms with van der Waals surface area (Å²) in [6.45, 7) is 3.53. The maximum Gasteiger partial charge on any atom is 0.291 e. The zero-order valence-corrected chi connectivity index (χ0v) is 13.5. The summed E-state index contributed by atoms with van der Waals surface area (Å²) in [4.78, 5) is 24.5. The molecule has 1 amide bonds. The fourth-order valence-corrected chi connectivity index (χ4v) is 2.96. The summed E-state index contributed by atoms with van der Waals surface area (Å²) in [6, 6.07) is 3.27. The fraction of sp³-hybridized carbons (Fsp3) is 0.188. The molecule has 0 saturated carbocycles. The molecule has 0 spiro atoms. The van der Waals surface area contributed by atoms with E-state index in [0.717, 1.165) is 10.2 Å². The number of nitrogens with zero attached hydrogens (tertiary/aromatic N) is 3. The summed E-state index contributed by atoms with van der Waals surface area (Å²) in [5.74, 6) is -0.649. The fourth-order valence-electron chi connectivity index (χ4n) is 2.96. The maximum atomic E-state index is 12.6. The molecular formula is C16H17N5O3. The van der Waals surface area contributed by atoms with Crippen molar-refractivity contribution in [1.82, 2.24) is 14.3 Å². The van der Waals surface area contributed by atoms with Crippen molar-refractivity contribution in [2.75, 3.05) is 5.73 Å². The molecule has 0 unspecified atom stereocenters. The van der Waals surface area contributed by atoms with Gasteiger partial charge in [0.15, 0.2) is 0 Å². The van der Waals surface area contributed by atoms with E-state index in [9.17, 15) is 14.7 Å². The quantitative estimate of drug-likeness (QED) is 0.639. The number of phenolic OH excluding ortho intramolecular Hbond substituents is 1. The lowest BCUT2D eigenvalue weighted by Gasteiger charge is -2.15. The van der Waals surface area contributed by atoms with Gasteiger partial charge in [0.1, 0.15) is 17.1 Å². The number of aromatic nitrogens is 3. The number of aryl methyl sites for hydroxylation is 2. The lowest BCUT2D eigenvalue weighted by molar-refractivity contribution is 0.100. The Morgan fingerprint density at radius 2 is 1.96 bits per heavy atom. The van der Waals surface area contributed by atoms with Gasteiger partial charge < -0.3 is 16.6 Å². The molecule has 2 aromatic heterocycles. The first kappa shape index (κ1) is 15.6. The van der Waals surface area contributed by atoms with Crippen molar-refractivity contribution in [3.63, 3.8) is 0 Å². The van der Waals surface area contributed by atoms with E-state index in [1.54, 1.807) is 19.1 Å². The Bertz CT molecular complexity index is 1060. The van der Waals surface area contributed by atoms with Gasteiger partial charge in [0.05, 0.1) is 17.4 Å². The van der Waals surface area contributed by atoms with Gasteiger partial charge in [-0.1, -0.05) is 6.07 Å². The van der Waals surface area contributed by atoms with E-state index >= 15 is 0 Å². The van der Waals surface area contributed by atoms with Crippen LogP contribution >= 0.6 is 0 Å². The summed E-state index contributed by atoms with van der Waals surface area (Å²) in [5, 5.41) is 14.3. The van der Waals surface area contributed by atoms with E-state index in [1.165, 1.54) is 17.8 Å². The second kappa shape index (κ2) is 5.12. The van der Waals surface area contributed by atoms with Gasteiger partial charge >= 0.3 is 0 Å². The number of fused-ring (bicyclic) bond motifs is 1. The number of carbonyl (C=O) groups excluding carboxylic acids is 1. The smallest absolute Gasteiger partial charge is 0.291 e. The normalized spacial score (nSPS) is 11.1. The summed E-state index contributed by atoms with van der Waals surface area (Å²) in [6.07, 6.45) is 1.39. The molecule has 0 fully saturated rings. The minimum Gasteiger partial charge on any atom is -0.508 e. The van der Waals surface area contributed by atoms with Crippen molar-refractivity contribution >= 4 is 22.6 Å². The number of hydrogen-bond acceptors (Lipinski definition) is 5. The van der Waals surface area contributed by atoms with Crippen LogP contribution in [0.25, 0.3) is 16.6 Å². The second-order valence-electron chi connectivity index (χ2n) is 5.67. The van der Waals surface area contributed by atoms with Crippen molar-refractivity contribution in [1.29, 1.82) is 0 Å². The summed E-state index contributed by atoms with van der Waals surface area (Å²) in [5.41, 5.74) is 13.3. The number of phenols is 1. The molecule has 0 atom stereocenters. The van der Waals surface area contributed by atoms with E-state index in [0.29, 0.717) is 11.3 Å². The van der Waals surface area contributed by atoms with E-state index < -0.39 is 11.5 Å². The van der Waals surface area contributed by atoms with Crippen LogP contribution in [-0.2, 0) is 7.05 Å². The standard InChI is InChI=1S/C16H17N5O3/c1-7-4-5-10(22)8(2)12(7)21-13-9(6-19-20(3)16(13)24)11(14(21)17)15(18)23/h4-6,22H,17H2,1-3H3,(H2,18,23). The highest BCUT2D eigenvalue weighted by Gasteiger charge is 2.25. The lowest BCUT2D eigenvalue weighted by atomic mass is 10.1. The summed E-state index contributed by atoms with van der Waals surface area (Å²) >= 11 is 0. The highest BCUT2D eigenvalue weighted by molar-refractivity contribution is 6.11. The third kappa shape index (κ3) is 1.96. The van der Waals surface area contributed by atoms with Crippen LogP contribution in [-0.4, -0.2) is 25.4 Å². The lowest BCUT2D eigenvalue weighted by Crippen LogP contribution is -2.21. The highest BCUT2D eigenvalue weighted by atomic mass is 16.3. The molecule has 0 bridgehead atoms. The Morgan fingerprint density at radius 3 is 2.58 bits per heavy atom. The molecule has 0 aliphatic carbocycles. The van der Waals surface area contributed by atoms with E-state index in [-0.39, 0.29) is 28.0 Å². The molecule has 24 heavy (non-hydrogen) atoms. The molecule has 8 heteroatoms. The third-order valence-corrected chi connectivity index (χ3v) is 4.18. The van der Waals surface area contributed by atoms with Crippen LogP contribution in [0.3, 0.4) is 0 Å². The van der Waals surface area contributed by atoms with Crippen LogP contribution in [0.4, 0.5) is 5.82 Å². The number of primary amides is 1. The molecule has 3 aromatic rings. The Hall–Kier alpha value is -3.29. The average Bonchev–Trinajstić information content (AvgIpc) is 2.81. The van der Waals surface area contributed by atoms with Gasteiger partial charge in [0.2, 0.25) is 0 Å². The van der Waals surface area contributed by atoms with Gasteiger partial charge in [-0.2, -0.15) is 5.10 Å². The number of aromatic hydroxyl groups is 1. The number of hydrogen-bond donors (Lipinski definition) is 3. The van der Waals surface area contributed by atoms with Crippen LogP contribution in [0.5, 0.6) is 5.75 Å². The van der Waals surface area contributed by atoms with Crippen molar-refractivity contribution in [2.24, 2.45) is 12.8 Å². The molecule has 5 N–H and O–H groups in total. The van der Waals surface area contributed by atoms with Crippen LogP contribution in [0, 0.1) is 13.8 Å². The van der Waals surface area contributed by atoms with Gasteiger partial charge in [-0.25, -0.2) is 4.68 Å². The van der Waals surface area contributed by atoms with E-state index in [1.807, 2.05) is 6.92 Å². The van der Waals surface area contributed by atoms with Crippen LogP contribution in [0.15, 0.2) is 23.1 Å². The minimum atomic E-state index is -0.748. The zero-order chi connectivity index (χ0) is 17.8. The number of nitrogen functional groups attached to an aromatic ring is 1. The van der Waals surface area contributed by atoms with Gasteiger partial charge in [0, 0.05) is 18.0 Å². The topological polar surface area (TPSA) is 129 Å². The second-order valence-corrected chi connectivity index (χ2v) is 5.67. The Labute approximate surface area is 136 Å². The van der Waals surface area contributed by atoms with Crippen molar-refractivity contribution in [3.8, 4) is 11.4 Å². The molecule has 3 rings (SSSR count). The molecule has 1 aromatic carbocycles. The SMILES string of the molecule is Cc1ccc(O)c(C)c1-n1c(N)c(C(N)=O)c2cnn(C)c(=O)c21. The molecule has 8 nitrogen and oxygen atoms in total. The van der Waals surface area contributed by atoms with Crippen molar-refractivity contribution in [2.45, 2.75) is 13.8 Å². The zero-order valence-electron chi connectivity index (χ0n) is 13.5. The number of carbonyl (C=O) groups is 1. The highest BCUT2D eigenvalue weighted by Crippen LogP contribution is 2.34. The van der Waals surface area contributed by atoms with Gasteiger partial charge in [-0.15, -0.1) is 0 Å². The molecular weight excluding hydrogens is 310 g/mol. The average molecular weight is 327 g/mol. The Morgan fingerprint density at radius 1 is 1.29 bits per heavy atom. The predicted molar refractivity (Wildman–Crippen MR) is 90.4 cm³/mol. The van der Waals surface area contributed by atoms with E-state index in [4.69, 9.17) is 11.5 Å². The minimum absolute atomic E-state index is 0.0392. The molecule has 124 valence electrons. The maximum absolute atomic E-state index is 12.6. The Kier molecular flexibility index (Phi) is 3.33. The van der Waals surface area contributed by atoms with Crippen LogP contribution in [0.1, 0.15) is 21.5 Å². The molecule has 2 heterocycles. The third-order valence-electron chi connectivity index (χ3n) is 4.18. The molecule has 0 aliphatic rings. The number of nitrogens with two attached hydrogens (primary N) is 2. The largest absolute Gasteiger partial charge is 0.508 e. The first-order chi connectivity index (χ1) is 11.3. The first-order valence-corrected chi connectivity index (χ1v) is 7.21. The van der Waals surface area contributed by atoms with Crippen LogP contribution < -0.4 is 17.0 Å². The monoisotopic (exact) mass is 327 g/mol. The number of amides is 1. The van der Waals surface area contributed by atoms with Gasteiger partial charge in [0.25, 0.3) is 11.5 Å². The van der Waals surface area contributed by atoms with Crippen molar-refractivity contribution < 1.29 is 9.90 Å². The number of rotatable bonds is 2.